The maximum Gasteiger partial charge on any atom is 0.325 e. The second kappa shape index (κ2) is 11.0. The van der Waals surface area contributed by atoms with Gasteiger partial charge in [0.15, 0.2) is 18.2 Å². The van der Waals surface area contributed by atoms with Gasteiger partial charge in [-0.2, -0.15) is 4.68 Å². The van der Waals surface area contributed by atoms with E-state index in [9.17, 15) is 9.59 Å². The van der Waals surface area contributed by atoms with Crippen LogP contribution in [0.1, 0.15) is 18.4 Å². The number of hydrogen-bond donors (Lipinski definition) is 1. The van der Waals surface area contributed by atoms with Gasteiger partial charge < -0.3 is 14.7 Å². The number of urea groups is 1. The molecule has 1 aromatic heterocycles. The number of carbonyl (C=O) groups is 2. The number of imide groups is 1. The Bertz CT molecular complexity index is 1340. The van der Waals surface area contributed by atoms with E-state index in [-0.39, 0.29) is 5.91 Å². The van der Waals surface area contributed by atoms with Crippen molar-refractivity contribution in [2.45, 2.75) is 36.6 Å². The molecule has 39 heavy (non-hydrogen) atoms. The number of tetrazole rings is 1. The number of aliphatic imine (C=N–C) groups is 1. The van der Waals surface area contributed by atoms with Gasteiger partial charge in [0.1, 0.15) is 0 Å². The van der Waals surface area contributed by atoms with Crippen molar-refractivity contribution in [3.8, 4) is 5.69 Å². The van der Waals surface area contributed by atoms with Gasteiger partial charge in [-0.1, -0.05) is 60.3 Å². The topological polar surface area (TPSA) is 112 Å². The van der Waals surface area contributed by atoms with Gasteiger partial charge in [0, 0.05) is 32.4 Å². The number of nitrogens with one attached hydrogen (secondary N) is 1. The number of nitrogens with zero attached hydrogens (tertiary/aromatic N) is 8. The zero-order valence-corrected chi connectivity index (χ0v) is 22.6. The molecule has 3 aromatic rings. The highest BCUT2D eigenvalue weighted by molar-refractivity contribution is 7.99. The Hall–Kier alpha value is -3.93. The van der Waals surface area contributed by atoms with Gasteiger partial charge in [0.25, 0.3) is 5.91 Å². The molecule has 2 saturated heterocycles. The molecule has 12 heteroatoms. The Morgan fingerprint density at radius 1 is 1.00 bits per heavy atom. The first kappa shape index (κ1) is 25.4. The molecule has 3 amide bonds. The zero-order valence-electron chi connectivity index (χ0n) is 21.8. The predicted molar refractivity (Wildman–Crippen MR) is 147 cm³/mol. The van der Waals surface area contributed by atoms with Crippen LogP contribution >= 0.6 is 11.8 Å². The van der Waals surface area contributed by atoms with E-state index in [0.717, 1.165) is 44.0 Å². The first-order chi connectivity index (χ1) is 19.1. The smallest absolute Gasteiger partial charge is 0.325 e. The van der Waals surface area contributed by atoms with Crippen molar-refractivity contribution in [2.75, 3.05) is 32.4 Å². The summed E-state index contributed by atoms with van der Waals surface area (Å²) in [6, 6.07) is 19.4. The molecule has 2 atom stereocenters. The summed E-state index contributed by atoms with van der Waals surface area (Å²) in [7, 11) is 1.69. The van der Waals surface area contributed by atoms with Crippen molar-refractivity contribution in [1.82, 2.24) is 40.2 Å². The van der Waals surface area contributed by atoms with Gasteiger partial charge in [0.05, 0.1) is 5.69 Å². The predicted octanol–water partition coefficient (Wildman–Crippen LogP) is 2.26. The van der Waals surface area contributed by atoms with Crippen molar-refractivity contribution in [2.24, 2.45) is 10.9 Å². The molecule has 1 N–H and O–H groups in total. The number of carbonyl (C=O) groups excluding carboxylic acids is 2. The second-order valence-electron chi connectivity index (χ2n) is 10.1. The monoisotopic (exact) mass is 545 g/mol. The number of hydrogen-bond acceptors (Lipinski definition) is 9. The molecule has 2 unspecified atom stereocenters. The number of para-hydroxylation sites is 1. The van der Waals surface area contributed by atoms with Crippen LogP contribution in [-0.2, 0) is 11.2 Å². The Balaban J connectivity index is 1.15. The number of guanidine groups is 1. The fourth-order valence-electron chi connectivity index (χ4n) is 5.53. The largest absolute Gasteiger partial charge is 0.343 e. The van der Waals surface area contributed by atoms with E-state index < -0.39 is 18.2 Å². The van der Waals surface area contributed by atoms with Crippen LogP contribution in [0.25, 0.3) is 5.69 Å². The number of likely N-dealkylation sites (N-methyl/N-ethyl adjacent to an activating group) is 1. The highest BCUT2D eigenvalue weighted by Crippen LogP contribution is 2.30. The maximum atomic E-state index is 13.0. The molecule has 0 saturated carbocycles. The molecule has 0 radical (unpaired) electrons. The van der Waals surface area contributed by atoms with Gasteiger partial charge in [-0.25, -0.2) is 9.79 Å². The van der Waals surface area contributed by atoms with Crippen molar-refractivity contribution in [3.63, 3.8) is 0 Å². The summed E-state index contributed by atoms with van der Waals surface area (Å²) in [5, 5.41) is 15.4. The summed E-state index contributed by atoms with van der Waals surface area (Å²) in [5.74, 6) is 1.74. The number of amides is 3. The summed E-state index contributed by atoms with van der Waals surface area (Å²) >= 11 is 1.53. The van der Waals surface area contributed by atoms with Crippen LogP contribution in [0.2, 0.25) is 0 Å². The molecule has 0 bridgehead atoms. The number of aromatic nitrogens is 4. The molecule has 6 rings (SSSR count). The Kier molecular flexibility index (Phi) is 7.18. The lowest BCUT2D eigenvalue weighted by Gasteiger charge is -2.39. The molecule has 11 nitrogen and oxygen atoms in total. The number of thioether (sulfide) groups is 1. The van der Waals surface area contributed by atoms with Gasteiger partial charge in [-0.15, -0.1) is 5.10 Å². The fraction of sp³-hybridized carbons (Fsp3) is 0.407. The highest BCUT2D eigenvalue weighted by Gasteiger charge is 2.49. The van der Waals surface area contributed by atoms with Crippen LogP contribution in [0.15, 0.2) is 70.8 Å². The van der Waals surface area contributed by atoms with Crippen molar-refractivity contribution in [1.29, 1.82) is 0 Å². The minimum Gasteiger partial charge on any atom is -0.343 e. The van der Waals surface area contributed by atoms with E-state index in [1.807, 2.05) is 30.3 Å². The Morgan fingerprint density at radius 2 is 1.72 bits per heavy atom. The van der Waals surface area contributed by atoms with Crippen LogP contribution in [0.3, 0.4) is 0 Å². The molecular weight excluding hydrogens is 514 g/mol. The Labute approximate surface area is 231 Å². The van der Waals surface area contributed by atoms with E-state index in [0.29, 0.717) is 23.4 Å². The summed E-state index contributed by atoms with van der Waals surface area (Å²) in [4.78, 5) is 36.2. The van der Waals surface area contributed by atoms with Gasteiger partial charge >= 0.3 is 6.03 Å². The fourth-order valence-corrected chi connectivity index (χ4v) is 6.36. The summed E-state index contributed by atoms with van der Waals surface area (Å²) in [6.45, 7) is 2.29. The summed E-state index contributed by atoms with van der Waals surface area (Å²) < 4.78 is 1.71. The zero-order chi connectivity index (χ0) is 26.8. The first-order valence-electron chi connectivity index (χ1n) is 13.3. The summed E-state index contributed by atoms with van der Waals surface area (Å²) in [6.07, 6.45) is 2.64. The van der Waals surface area contributed by atoms with Crippen LogP contribution in [0, 0.1) is 5.92 Å². The minimum absolute atomic E-state index is 0.306. The molecular formula is C27H31N9O2S. The minimum atomic E-state index is -0.560. The lowest BCUT2D eigenvalue weighted by Crippen LogP contribution is -2.64. The van der Waals surface area contributed by atoms with Crippen LogP contribution in [0.5, 0.6) is 0 Å². The van der Waals surface area contributed by atoms with E-state index in [1.165, 1.54) is 22.2 Å². The number of fused-ring (bicyclic) bond motifs is 1. The second-order valence-corrected chi connectivity index (χ2v) is 11.1. The van der Waals surface area contributed by atoms with Crippen LogP contribution < -0.4 is 5.32 Å². The third-order valence-electron chi connectivity index (χ3n) is 7.61. The van der Waals surface area contributed by atoms with Crippen molar-refractivity contribution >= 4 is 29.7 Å². The average molecular weight is 546 g/mol. The van der Waals surface area contributed by atoms with Crippen molar-refractivity contribution < 1.29 is 9.59 Å². The van der Waals surface area contributed by atoms with E-state index >= 15 is 0 Å². The number of piperidine rings is 1. The number of benzene rings is 2. The first-order valence-corrected chi connectivity index (χ1v) is 14.2. The molecule has 2 aromatic carbocycles. The standard InChI is InChI=1S/C27H31N9O2S/c1-33-23-22(24(37)29-26(33)38)35(16-17-39-27-30-31-32-36(27)21-10-6-3-7-11-21)25(28-23)34-14-12-20(13-15-34)18-19-8-4-2-5-9-19/h2-11,20,22-23H,12-18H2,1H3,(H,29,37,38). The van der Waals surface area contributed by atoms with Gasteiger partial charge in [-0.3, -0.25) is 10.1 Å². The van der Waals surface area contributed by atoms with Gasteiger partial charge in [-0.05, 0) is 53.3 Å². The SMILES string of the molecule is CN1C(=O)NC(=O)C2C1N=C(N1CCC(Cc3ccccc3)CC1)N2CCSc1nnnn1-c1ccccc1. The maximum absolute atomic E-state index is 13.0. The highest BCUT2D eigenvalue weighted by atomic mass is 32.2. The number of likely N-dealkylation sites (tertiary alicyclic amines) is 1. The molecule has 3 aliphatic heterocycles. The lowest BCUT2D eigenvalue weighted by atomic mass is 9.90. The third-order valence-corrected chi connectivity index (χ3v) is 8.51. The van der Waals surface area contributed by atoms with E-state index in [4.69, 9.17) is 4.99 Å². The van der Waals surface area contributed by atoms with Crippen LogP contribution in [0.4, 0.5) is 4.79 Å². The molecule has 0 aliphatic carbocycles. The van der Waals surface area contributed by atoms with Gasteiger partial charge in [0.2, 0.25) is 5.16 Å². The average Bonchev–Trinajstić information content (AvgIpc) is 3.59. The molecule has 2 fully saturated rings. The van der Waals surface area contributed by atoms with E-state index in [1.54, 1.807) is 11.7 Å². The normalized spacial score (nSPS) is 21.7. The molecule has 4 heterocycles. The third kappa shape index (κ3) is 5.20. The lowest BCUT2D eigenvalue weighted by molar-refractivity contribution is -0.127. The van der Waals surface area contributed by atoms with Crippen LogP contribution in [-0.4, -0.2) is 97.4 Å². The molecule has 202 valence electrons. The van der Waals surface area contributed by atoms with Crippen molar-refractivity contribution in [3.05, 3.63) is 66.2 Å². The summed E-state index contributed by atoms with van der Waals surface area (Å²) in [5.41, 5.74) is 2.26. The quantitative estimate of drug-likeness (QED) is 0.450. The number of rotatable bonds is 7. The molecule has 0 spiro atoms. The van der Waals surface area contributed by atoms with E-state index in [2.05, 4.69) is 61.0 Å². The Morgan fingerprint density at radius 3 is 2.46 bits per heavy atom. The molecule has 3 aliphatic rings.